The van der Waals surface area contributed by atoms with Crippen molar-refractivity contribution in [2.24, 2.45) is 0 Å². The van der Waals surface area contributed by atoms with Gasteiger partial charge in [-0.05, 0) is 87.1 Å². The number of thiophene rings is 1. The molecule has 5 rings (SSSR count). The molecular weight excluding hydrogens is 404 g/mol. The van der Waals surface area contributed by atoms with Gasteiger partial charge in [0.25, 0.3) is 0 Å². The summed E-state index contributed by atoms with van der Waals surface area (Å²) in [5.74, 6) is 1.93. The van der Waals surface area contributed by atoms with Crippen LogP contribution in [0.25, 0.3) is 10.2 Å². The van der Waals surface area contributed by atoms with Gasteiger partial charge >= 0.3 is 0 Å². The van der Waals surface area contributed by atoms with Crippen LogP contribution in [-0.4, -0.2) is 46.7 Å². The first-order chi connectivity index (χ1) is 15.2. The van der Waals surface area contributed by atoms with Crippen molar-refractivity contribution in [1.82, 2.24) is 20.3 Å². The van der Waals surface area contributed by atoms with Crippen LogP contribution in [0.4, 0.5) is 11.8 Å². The summed E-state index contributed by atoms with van der Waals surface area (Å²) in [5.41, 5.74) is 5.08. The Morgan fingerprint density at radius 2 is 1.90 bits per heavy atom. The summed E-state index contributed by atoms with van der Waals surface area (Å²) in [6.45, 7) is 7.48. The maximum absolute atomic E-state index is 4.95. The van der Waals surface area contributed by atoms with E-state index in [4.69, 9.17) is 9.97 Å². The fourth-order valence-corrected chi connectivity index (χ4v) is 5.35. The monoisotopic (exact) mass is 436 g/mol. The Bertz CT molecular complexity index is 1040. The van der Waals surface area contributed by atoms with Crippen LogP contribution in [-0.2, 0) is 6.42 Å². The van der Waals surface area contributed by atoms with Crippen molar-refractivity contribution in [3.63, 3.8) is 0 Å². The van der Waals surface area contributed by atoms with Gasteiger partial charge in [0, 0.05) is 37.6 Å². The molecule has 1 aliphatic heterocycles. The van der Waals surface area contributed by atoms with E-state index in [1.165, 1.54) is 34.2 Å². The zero-order valence-electron chi connectivity index (χ0n) is 18.5. The molecule has 0 unspecified atom stereocenters. The molecule has 0 amide bonds. The molecule has 0 aromatic carbocycles. The highest BCUT2D eigenvalue weighted by molar-refractivity contribution is 7.18. The lowest BCUT2D eigenvalue weighted by Crippen LogP contribution is -2.43. The molecule has 0 atom stereocenters. The van der Waals surface area contributed by atoms with Crippen LogP contribution in [0.2, 0.25) is 0 Å². The zero-order valence-corrected chi connectivity index (χ0v) is 19.3. The molecule has 6 nitrogen and oxygen atoms in total. The van der Waals surface area contributed by atoms with Gasteiger partial charge in [-0.15, -0.1) is 11.3 Å². The van der Waals surface area contributed by atoms with E-state index in [1.807, 2.05) is 12.4 Å². The molecule has 3 aromatic rings. The van der Waals surface area contributed by atoms with Crippen LogP contribution < -0.4 is 15.5 Å². The highest BCUT2D eigenvalue weighted by atomic mass is 32.1. The summed E-state index contributed by atoms with van der Waals surface area (Å²) < 4.78 is 1.23. The number of rotatable bonds is 8. The lowest BCUT2D eigenvalue weighted by atomic mass is 10.0. The minimum Gasteiger partial charge on any atom is -0.355 e. The van der Waals surface area contributed by atoms with Gasteiger partial charge < -0.3 is 15.5 Å². The average Bonchev–Trinajstić information content (AvgIpc) is 3.53. The molecule has 31 heavy (non-hydrogen) atoms. The van der Waals surface area contributed by atoms with Gasteiger partial charge in [-0.25, -0.2) is 4.98 Å². The Morgan fingerprint density at radius 3 is 2.68 bits per heavy atom. The van der Waals surface area contributed by atoms with E-state index in [0.717, 1.165) is 62.6 Å². The Labute approximate surface area is 188 Å². The van der Waals surface area contributed by atoms with Crippen molar-refractivity contribution in [2.75, 3.05) is 29.9 Å². The lowest BCUT2D eigenvalue weighted by molar-refractivity contribution is 0.412. The van der Waals surface area contributed by atoms with Crippen molar-refractivity contribution >= 4 is 33.3 Å². The summed E-state index contributed by atoms with van der Waals surface area (Å²) in [6, 6.07) is 3.26. The van der Waals surface area contributed by atoms with E-state index in [1.54, 1.807) is 11.3 Å². The quantitative estimate of drug-likeness (QED) is 0.508. The molecule has 7 heteroatoms. The highest BCUT2D eigenvalue weighted by Gasteiger charge is 2.26. The van der Waals surface area contributed by atoms with E-state index in [-0.39, 0.29) is 0 Å². The van der Waals surface area contributed by atoms with Crippen LogP contribution in [0.1, 0.15) is 48.8 Å². The lowest BCUT2D eigenvalue weighted by Gasteiger charge is -2.33. The first-order valence-corrected chi connectivity index (χ1v) is 12.5. The van der Waals surface area contributed by atoms with Gasteiger partial charge in [-0.2, -0.15) is 4.98 Å². The standard InChI is InChI=1S/C24H32N6S/c1-16-7-11-25-14-18(16)4-3-10-26-19-8-12-30(13-9-19)23-22-21(17(2)15-31-22)28-24(29-23)27-20-5-6-20/h7,11,14-15,19-20,26H,3-6,8-10,12-13H2,1-2H3,(H,27,28,29). The van der Waals surface area contributed by atoms with Gasteiger partial charge in [0.15, 0.2) is 5.82 Å². The molecule has 0 bridgehead atoms. The molecule has 1 aliphatic carbocycles. The van der Waals surface area contributed by atoms with Crippen LogP contribution in [0.3, 0.4) is 0 Å². The third kappa shape index (κ3) is 4.83. The largest absolute Gasteiger partial charge is 0.355 e. The van der Waals surface area contributed by atoms with Gasteiger partial charge in [-0.3, -0.25) is 4.98 Å². The summed E-state index contributed by atoms with van der Waals surface area (Å²) in [5, 5.41) is 9.50. The Morgan fingerprint density at radius 1 is 1.06 bits per heavy atom. The van der Waals surface area contributed by atoms with E-state index in [2.05, 4.69) is 45.8 Å². The second-order valence-electron chi connectivity index (χ2n) is 9.01. The number of fused-ring (bicyclic) bond motifs is 1. The smallest absolute Gasteiger partial charge is 0.225 e. The van der Waals surface area contributed by atoms with Crippen molar-refractivity contribution in [1.29, 1.82) is 0 Å². The van der Waals surface area contributed by atoms with Crippen molar-refractivity contribution in [3.8, 4) is 0 Å². The number of piperidine rings is 1. The van der Waals surface area contributed by atoms with Crippen LogP contribution in [0, 0.1) is 13.8 Å². The molecule has 2 N–H and O–H groups in total. The molecule has 3 aromatic heterocycles. The second-order valence-corrected chi connectivity index (χ2v) is 9.89. The van der Waals surface area contributed by atoms with Crippen molar-refractivity contribution < 1.29 is 0 Å². The molecule has 164 valence electrons. The van der Waals surface area contributed by atoms with E-state index in [9.17, 15) is 0 Å². The number of nitrogens with zero attached hydrogens (tertiary/aromatic N) is 4. The third-order valence-electron chi connectivity index (χ3n) is 6.48. The zero-order chi connectivity index (χ0) is 21.2. The van der Waals surface area contributed by atoms with E-state index in [0.29, 0.717) is 12.1 Å². The van der Waals surface area contributed by atoms with E-state index < -0.39 is 0 Å². The first-order valence-electron chi connectivity index (χ1n) is 11.6. The number of hydrogen-bond donors (Lipinski definition) is 2. The number of anilines is 2. The van der Waals surface area contributed by atoms with Gasteiger partial charge in [-0.1, -0.05) is 0 Å². The maximum atomic E-state index is 4.95. The van der Waals surface area contributed by atoms with Gasteiger partial charge in [0.2, 0.25) is 5.95 Å². The minimum atomic E-state index is 0.564. The molecule has 0 spiro atoms. The normalized spacial score (nSPS) is 17.4. The van der Waals surface area contributed by atoms with Crippen LogP contribution in [0.5, 0.6) is 0 Å². The fraction of sp³-hybridized carbons (Fsp3) is 0.542. The molecule has 2 aliphatic rings. The van der Waals surface area contributed by atoms with Gasteiger partial charge in [0.1, 0.15) is 0 Å². The predicted molar refractivity (Wildman–Crippen MR) is 129 cm³/mol. The number of hydrogen-bond acceptors (Lipinski definition) is 7. The molecule has 1 saturated heterocycles. The molecule has 0 radical (unpaired) electrons. The van der Waals surface area contributed by atoms with Crippen molar-refractivity contribution in [2.45, 2.75) is 64.5 Å². The fourth-order valence-electron chi connectivity index (χ4n) is 4.35. The average molecular weight is 437 g/mol. The molecule has 4 heterocycles. The van der Waals surface area contributed by atoms with Crippen LogP contribution in [0.15, 0.2) is 23.8 Å². The Kier molecular flexibility index (Phi) is 6.05. The SMILES string of the molecule is Cc1ccncc1CCCNC1CCN(c2nc(NC3CC3)nc3c(C)csc23)CC1. The molecule has 2 fully saturated rings. The highest BCUT2D eigenvalue weighted by Crippen LogP contribution is 2.35. The number of pyridine rings is 1. The van der Waals surface area contributed by atoms with Gasteiger partial charge in [0.05, 0.1) is 10.2 Å². The number of aryl methyl sites for hydroxylation is 3. The summed E-state index contributed by atoms with van der Waals surface area (Å²) in [7, 11) is 0. The van der Waals surface area contributed by atoms with E-state index >= 15 is 0 Å². The van der Waals surface area contributed by atoms with Crippen LogP contribution >= 0.6 is 11.3 Å². The van der Waals surface area contributed by atoms with Crippen molar-refractivity contribution in [3.05, 3.63) is 40.5 Å². The topological polar surface area (TPSA) is 66.0 Å². The summed E-state index contributed by atoms with van der Waals surface area (Å²) >= 11 is 1.78. The Balaban J connectivity index is 1.17. The predicted octanol–water partition coefficient (Wildman–Crippen LogP) is 4.47. The third-order valence-corrected chi connectivity index (χ3v) is 7.57. The maximum Gasteiger partial charge on any atom is 0.225 e. The number of nitrogens with one attached hydrogen (secondary N) is 2. The minimum absolute atomic E-state index is 0.564. The number of aromatic nitrogens is 3. The summed E-state index contributed by atoms with van der Waals surface area (Å²) in [6.07, 6.45) is 10.9. The summed E-state index contributed by atoms with van der Waals surface area (Å²) in [4.78, 5) is 16.5. The first kappa shape index (κ1) is 20.6. The Hall–Kier alpha value is -2.25. The molecule has 1 saturated carbocycles. The molecular formula is C24H32N6S. The second kappa shape index (κ2) is 9.09.